The second-order valence-corrected chi connectivity index (χ2v) is 8.83. The van der Waals surface area contributed by atoms with Crippen LogP contribution < -0.4 is 5.32 Å². The molecule has 1 heterocycles. The number of benzene rings is 2. The smallest absolute Gasteiger partial charge is 0.269 e. The third-order valence-corrected chi connectivity index (χ3v) is 6.88. The first kappa shape index (κ1) is 22.4. The van der Waals surface area contributed by atoms with Gasteiger partial charge >= 0.3 is 0 Å². The lowest BCUT2D eigenvalue weighted by atomic mass is 10.1. The van der Waals surface area contributed by atoms with Gasteiger partial charge in [0, 0.05) is 13.6 Å². The number of carbonyl (C=O) groups is 3. The highest BCUT2D eigenvalue weighted by Crippen LogP contribution is 2.30. The molecule has 0 spiro atoms. The quantitative estimate of drug-likeness (QED) is 0.693. The van der Waals surface area contributed by atoms with E-state index in [4.69, 9.17) is 0 Å². The maximum absolute atomic E-state index is 13.3. The van der Waals surface area contributed by atoms with Gasteiger partial charge in [-0.15, -0.1) is 0 Å². The first-order valence-electron chi connectivity index (χ1n) is 9.62. The molecule has 1 atom stereocenters. The molecule has 0 fully saturated rings. The van der Waals surface area contributed by atoms with Crippen molar-refractivity contribution < 1.29 is 27.2 Å². The molecule has 3 rings (SSSR count). The molecule has 0 saturated carbocycles. The Balaban J connectivity index is 1.92. The summed E-state index contributed by atoms with van der Waals surface area (Å²) in [4.78, 5) is 39.3. The highest BCUT2D eigenvalue weighted by atomic mass is 32.2. The third kappa shape index (κ3) is 4.29. The van der Waals surface area contributed by atoms with Crippen molar-refractivity contribution in [3.8, 4) is 0 Å². The number of likely N-dealkylation sites (N-methyl/N-ethyl adjacent to an activating group) is 1. The summed E-state index contributed by atoms with van der Waals surface area (Å²) in [5, 5.41) is 2.49. The average molecular weight is 447 g/mol. The van der Waals surface area contributed by atoms with Crippen LogP contribution in [-0.4, -0.2) is 55.0 Å². The highest BCUT2D eigenvalue weighted by Gasteiger charge is 2.43. The van der Waals surface area contributed by atoms with E-state index >= 15 is 0 Å². The Labute approximate surface area is 179 Å². The molecule has 1 aliphatic heterocycles. The van der Waals surface area contributed by atoms with Crippen LogP contribution in [0.4, 0.5) is 4.39 Å². The van der Waals surface area contributed by atoms with Crippen LogP contribution in [0.5, 0.6) is 0 Å². The number of amides is 3. The maximum Gasteiger partial charge on any atom is 0.269 e. The van der Waals surface area contributed by atoms with Crippen molar-refractivity contribution in [3.63, 3.8) is 0 Å². The van der Waals surface area contributed by atoms with Crippen LogP contribution >= 0.6 is 0 Å². The average Bonchev–Trinajstić information content (AvgIpc) is 2.95. The fraction of sp³-hybridized carbons (Fsp3) is 0.286. The summed E-state index contributed by atoms with van der Waals surface area (Å²) in [5.74, 6) is -2.40. The maximum atomic E-state index is 13.3. The van der Waals surface area contributed by atoms with E-state index in [1.54, 1.807) is 6.92 Å². The second-order valence-electron chi connectivity index (χ2n) is 7.00. The zero-order chi connectivity index (χ0) is 22.8. The van der Waals surface area contributed by atoms with Gasteiger partial charge in [-0.2, -0.15) is 0 Å². The van der Waals surface area contributed by atoms with Crippen molar-refractivity contribution in [3.05, 3.63) is 65.5 Å². The minimum atomic E-state index is -4.17. The number of rotatable bonds is 7. The number of nitrogens with zero attached hydrogens (tertiary/aromatic N) is 2. The van der Waals surface area contributed by atoms with Crippen molar-refractivity contribution in [1.82, 2.24) is 14.5 Å². The Morgan fingerprint density at radius 3 is 2.35 bits per heavy atom. The van der Waals surface area contributed by atoms with Gasteiger partial charge in [0.2, 0.25) is 11.8 Å². The monoisotopic (exact) mass is 447 g/mol. The molecule has 0 radical (unpaired) electrons. The van der Waals surface area contributed by atoms with E-state index < -0.39 is 46.1 Å². The van der Waals surface area contributed by atoms with Crippen molar-refractivity contribution in [2.24, 2.45) is 0 Å². The van der Waals surface area contributed by atoms with Crippen molar-refractivity contribution in [2.75, 3.05) is 13.6 Å². The predicted octanol–water partition coefficient (Wildman–Crippen LogP) is 1.52. The van der Waals surface area contributed by atoms with Crippen LogP contribution in [-0.2, 0) is 26.2 Å². The lowest BCUT2D eigenvalue weighted by Gasteiger charge is -2.31. The van der Waals surface area contributed by atoms with E-state index in [-0.39, 0.29) is 23.4 Å². The molecule has 1 N–H and O–H groups in total. The van der Waals surface area contributed by atoms with Crippen LogP contribution in [0.2, 0.25) is 0 Å². The molecule has 1 unspecified atom stereocenters. The molecule has 0 saturated heterocycles. The summed E-state index contributed by atoms with van der Waals surface area (Å²) in [7, 11) is -2.75. The Bertz CT molecular complexity index is 1120. The minimum Gasteiger partial charge on any atom is -0.357 e. The first-order chi connectivity index (χ1) is 14.7. The zero-order valence-electron chi connectivity index (χ0n) is 17.0. The molecule has 3 amide bonds. The molecule has 2 aromatic carbocycles. The van der Waals surface area contributed by atoms with E-state index in [1.165, 1.54) is 60.5 Å². The number of hydrogen-bond acceptors (Lipinski definition) is 5. The van der Waals surface area contributed by atoms with Crippen molar-refractivity contribution in [1.29, 1.82) is 0 Å². The van der Waals surface area contributed by atoms with E-state index in [0.717, 1.165) is 0 Å². The standard InChI is InChI=1S/C21H22FN3O5S/c1-3-17(20(27)23-2)24(12-14-8-10-15(22)11-9-14)19(26)13-25-21(28)16-6-4-5-7-18(16)31(25,29)30/h4-11,17H,3,12-13H2,1-2H3,(H,23,27). The number of sulfonamides is 1. The van der Waals surface area contributed by atoms with Gasteiger partial charge in [-0.05, 0) is 36.2 Å². The number of hydrogen-bond donors (Lipinski definition) is 1. The number of halogens is 1. The van der Waals surface area contributed by atoms with Gasteiger partial charge in [-0.3, -0.25) is 14.4 Å². The molecule has 2 aromatic rings. The molecule has 31 heavy (non-hydrogen) atoms. The van der Waals surface area contributed by atoms with Gasteiger partial charge in [0.05, 0.1) is 5.56 Å². The normalized spacial score (nSPS) is 15.3. The SMILES string of the molecule is CCC(C(=O)NC)N(Cc1ccc(F)cc1)C(=O)CN1C(=O)c2ccccc2S1(=O)=O. The van der Waals surface area contributed by atoms with Crippen molar-refractivity contribution >= 4 is 27.7 Å². The van der Waals surface area contributed by atoms with E-state index in [2.05, 4.69) is 5.32 Å². The Hall–Kier alpha value is -3.27. The highest BCUT2D eigenvalue weighted by molar-refractivity contribution is 7.90. The summed E-state index contributed by atoms with van der Waals surface area (Å²) in [6.07, 6.45) is 0.257. The summed E-state index contributed by atoms with van der Waals surface area (Å²) in [6, 6.07) is 10.2. The minimum absolute atomic E-state index is 0.00118. The van der Waals surface area contributed by atoms with E-state index in [9.17, 15) is 27.2 Å². The Morgan fingerprint density at radius 2 is 1.77 bits per heavy atom. The van der Waals surface area contributed by atoms with Gasteiger partial charge in [0.15, 0.2) is 0 Å². The lowest BCUT2D eigenvalue weighted by Crippen LogP contribution is -2.51. The Kier molecular flexibility index (Phi) is 6.40. The molecule has 0 aliphatic carbocycles. The van der Waals surface area contributed by atoms with E-state index in [1.807, 2.05) is 0 Å². The summed E-state index contributed by atoms with van der Waals surface area (Å²) in [6.45, 7) is 0.906. The zero-order valence-corrected chi connectivity index (χ0v) is 17.9. The predicted molar refractivity (Wildman–Crippen MR) is 110 cm³/mol. The lowest BCUT2D eigenvalue weighted by molar-refractivity contribution is -0.141. The molecular formula is C21H22FN3O5S. The topological polar surface area (TPSA) is 104 Å². The summed E-state index contributed by atoms with van der Waals surface area (Å²) < 4.78 is 39.4. The van der Waals surface area contributed by atoms with Gasteiger partial charge in [0.25, 0.3) is 15.9 Å². The number of carbonyl (C=O) groups excluding carboxylic acids is 3. The second kappa shape index (κ2) is 8.84. The van der Waals surface area contributed by atoms with Crippen molar-refractivity contribution in [2.45, 2.75) is 30.8 Å². The molecule has 1 aliphatic rings. The van der Waals surface area contributed by atoms with Crippen LogP contribution in [0, 0.1) is 5.82 Å². The molecular weight excluding hydrogens is 425 g/mol. The van der Waals surface area contributed by atoms with Crippen LogP contribution in [0.15, 0.2) is 53.4 Å². The van der Waals surface area contributed by atoms with Crippen LogP contribution in [0.25, 0.3) is 0 Å². The van der Waals surface area contributed by atoms with E-state index in [0.29, 0.717) is 9.87 Å². The largest absolute Gasteiger partial charge is 0.357 e. The molecule has 0 bridgehead atoms. The molecule has 8 nitrogen and oxygen atoms in total. The van der Waals surface area contributed by atoms with Gasteiger partial charge in [-0.1, -0.05) is 31.2 Å². The molecule has 0 aromatic heterocycles. The van der Waals surface area contributed by atoms with Crippen LogP contribution in [0.1, 0.15) is 29.3 Å². The van der Waals surface area contributed by atoms with Gasteiger partial charge < -0.3 is 10.2 Å². The fourth-order valence-corrected chi connectivity index (χ4v) is 4.99. The van der Waals surface area contributed by atoms with Gasteiger partial charge in [-0.25, -0.2) is 17.1 Å². The fourth-order valence-electron chi connectivity index (χ4n) is 3.47. The van der Waals surface area contributed by atoms with Crippen LogP contribution in [0.3, 0.4) is 0 Å². The number of fused-ring (bicyclic) bond motifs is 1. The first-order valence-corrected chi connectivity index (χ1v) is 11.1. The molecule has 10 heteroatoms. The van der Waals surface area contributed by atoms with Gasteiger partial charge in [0.1, 0.15) is 23.3 Å². The Morgan fingerprint density at radius 1 is 1.13 bits per heavy atom. The summed E-state index contributed by atoms with van der Waals surface area (Å²) >= 11 is 0. The summed E-state index contributed by atoms with van der Waals surface area (Å²) in [5.41, 5.74) is 0.551. The number of nitrogens with one attached hydrogen (secondary N) is 1. The third-order valence-electron chi connectivity index (χ3n) is 5.09. The molecule has 164 valence electrons.